The molecular formula is C7H12N3OP. The number of nitrogens with one attached hydrogen (secondary N) is 1. The molecule has 4 nitrogen and oxygen atoms in total. The van der Waals surface area contributed by atoms with Crippen LogP contribution in [0.2, 0.25) is 0 Å². The van der Waals surface area contributed by atoms with E-state index in [1.807, 2.05) is 25.1 Å². The molecule has 0 radical (unpaired) electrons. The minimum absolute atomic E-state index is 0.684. The maximum Gasteiger partial charge on any atom is 0.298 e. The zero-order valence-corrected chi connectivity index (χ0v) is 7.71. The third-order valence-corrected chi connectivity index (χ3v) is 1.93. The van der Waals surface area contributed by atoms with Gasteiger partial charge in [-0.25, -0.2) is 0 Å². The SMILES string of the molecule is Cc1cccc(NP(N)(N)=O)c1. The maximum absolute atomic E-state index is 10.9. The fraction of sp³-hybridized carbons (Fsp3) is 0.143. The Balaban J connectivity index is 2.84. The quantitative estimate of drug-likeness (QED) is 0.609. The summed E-state index contributed by atoms with van der Waals surface area (Å²) < 4.78 is 10.9. The maximum atomic E-state index is 10.9. The molecule has 1 aromatic rings. The molecule has 1 aromatic carbocycles. The molecule has 0 bridgehead atoms. The van der Waals surface area contributed by atoms with Gasteiger partial charge in [-0.3, -0.25) is 15.6 Å². The predicted octanol–water partition coefficient (Wildman–Crippen LogP) is 1.43. The van der Waals surface area contributed by atoms with Crippen LogP contribution in [0.5, 0.6) is 0 Å². The molecule has 0 amide bonds. The molecule has 5 heteroatoms. The van der Waals surface area contributed by atoms with Crippen molar-refractivity contribution in [3.8, 4) is 0 Å². The smallest absolute Gasteiger partial charge is 0.298 e. The van der Waals surface area contributed by atoms with Gasteiger partial charge in [0.05, 0.1) is 0 Å². The van der Waals surface area contributed by atoms with Crippen molar-refractivity contribution < 1.29 is 4.57 Å². The highest BCUT2D eigenvalue weighted by molar-refractivity contribution is 7.60. The second kappa shape index (κ2) is 3.27. The zero-order chi connectivity index (χ0) is 9.19. The van der Waals surface area contributed by atoms with Gasteiger partial charge in [0.1, 0.15) is 0 Å². The van der Waals surface area contributed by atoms with E-state index in [1.54, 1.807) is 6.07 Å². The Kier molecular flexibility index (Phi) is 2.52. The van der Waals surface area contributed by atoms with E-state index in [0.717, 1.165) is 5.56 Å². The van der Waals surface area contributed by atoms with Crippen molar-refractivity contribution in [1.29, 1.82) is 0 Å². The highest BCUT2D eigenvalue weighted by atomic mass is 31.2. The van der Waals surface area contributed by atoms with Gasteiger partial charge in [0.25, 0.3) is 7.59 Å². The van der Waals surface area contributed by atoms with Crippen molar-refractivity contribution in [2.75, 3.05) is 5.09 Å². The van der Waals surface area contributed by atoms with Gasteiger partial charge in [0.15, 0.2) is 0 Å². The van der Waals surface area contributed by atoms with Gasteiger partial charge < -0.3 is 5.09 Å². The van der Waals surface area contributed by atoms with Crippen LogP contribution >= 0.6 is 7.59 Å². The summed E-state index contributed by atoms with van der Waals surface area (Å²) in [5.74, 6) is 0. The fourth-order valence-corrected chi connectivity index (χ4v) is 1.46. The van der Waals surface area contributed by atoms with Crippen LogP contribution in [0.25, 0.3) is 0 Å². The first-order valence-electron chi connectivity index (χ1n) is 3.49. The van der Waals surface area contributed by atoms with Crippen LogP contribution < -0.4 is 16.1 Å². The van der Waals surface area contributed by atoms with Gasteiger partial charge >= 0.3 is 0 Å². The second-order valence-corrected chi connectivity index (χ2v) is 4.33. The van der Waals surface area contributed by atoms with E-state index in [9.17, 15) is 4.57 Å². The molecule has 5 N–H and O–H groups in total. The summed E-state index contributed by atoms with van der Waals surface area (Å²) in [6.07, 6.45) is 0. The molecule has 0 spiro atoms. The van der Waals surface area contributed by atoms with E-state index in [2.05, 4.69) is 5.09 Å². The lowest BCUT2D eigenvalue weighted by molar-refractivity contribution is 0.580. The van der Waals surface area contributed by atoms with E-state index in [1.165, 1.54) is 0 Å². The monoisotopic (exact) mass is 185 g/mol. The summed E-state index contributed by atoms with van der Waals surface area (Å²) in [6, 6.07) is 7.36. The number of anilines is 1. The minimum atomic E-state index is -3.16. The molecule has 0 aliphatic rings. The molecule has 0 aliphatic carbocycles. The number of nitrogens with two attached hydrogens (primary N) is 2. The number of hydrogen-bond acceptors (Lipinski definition) is 1. The third kappa shape index (κ3) is 3.05. The van der Waals surface area contributed by atoms with Crippen molar-refractivity contribution >= 4 is 13.3 Å². The van der Waals surface area contributed by atoms with Crippen LogP contribution in [0.3, 0.4) is 0 Å². The van der Waals surface area contributed by atoms with Gasteiger partial charge in [-0.05, 0) is 24.6 Å². The first-order valence-corrected chi connectivity index (χ1v) is 5.34. The molecule has 0 atom stereocenters. The lowest BCUT2D eigenvalue weighted by Crippen LogP contribution is -2.13. The molecule has 0 saturated heterocycles. The Labute approximate surface area is 71.5 Å². The summed E-state index contributed by atoms with van der Waals surface area (Å²) in [5, 5.41) is 2.53. The predicted molar refractivity (Wildman–Crippen MR) is 50.8 cm³/mol. The number of rotatable bonds is 2. The number of benzene rings is 1. The summed E-state index contributed by atoms with van der Waals surface area (Å²) in [6.45, 7) is 1.93. The van der Waals surface area contributed by atoms with Crippen LogP contribution in [0, 0.1) is 6.92 Å². The van der Waals surface area contributed by atoms with Crippen LogP contribution in [0.4, 0.5) is 5.69 Å². The molecule has 0 heterocycles. The summed E-state index contributed by atoms with van der Waals surface area (Å²) >= 11 is 0. The van der Waals surface area contributed by atoms with Crippen LogP contribution in [-0.2, 0) is 4.57 Å². The Morgan fingerprint density at radius 1 is 1.42 bits per heavy atom. The molecule has 0 unspecified atom stereocenters. The Morgan fingerprint density at radius 2 is 2.08 bits per heavy atom. The molecule has 1 rings (SSSR count). The van der Waals surface area contributed by atoms with Crippen molar-refractivity contribution in [2.45, 2.75) is 6.92 Å². The Bertz CT molecular complexity index is 320. The van der Waals surface area contributed by atoms with Gasteiger partial charge in [-0.1, -0.05) is 12.1 Å². The molecule has 0 fully saturated rings. The van der Waals surface area contributed by atoms with Crippen molar-refractivity contribution in [2.24, 2.45) is 11.0 Å². The first-order chi connectivity index (χ1) is 5.47. The molecule has 0 aliphatic heterocycles. The summed E-state index contributed by atoms with van der Waals surface area (Å²) in [4.78, 5) is 0. The largest absolute Gasteiger partial charge is 0.313 e. The molecule has 0 aromatic heterocycles. The molecular weight excluding hydrogens is 173 g/mol. The van der Waals surface area contributed by atoms with Crippen molar-refractivity contribution in [1.82, 2.24) is 0 Å². The molecule has 66 valence electrons. The summed E-state index contributed by atoms with van der Waals surface area (Å²) in [7, 11) is -3.16. The Morgan fingerprint density at radius 3 is 2.58 bits per heavy atom. The fourth-order valence-electron chi connectivity index (χ4n) is 0.916. The lowest BCUT2D eigenvalue weighted by atomic mass is 10.2. The topological polar surface area (TPSA) is 81.1 Å². The van der Waals surface area contributed by atoms with Gasteiger partial charge in [0, 0.05) is 5.69 Å². The Hall–Kier alpha value is -0.830. The van der Waals surface area contributed by atoms with Crippen LogP contribution in [0.15, 0.2) is 24.3 Å². The average Bonchev–Trinajstić information content (AvgIpc) is 1.82. The van der Waals surface area contributed by atoms with Crippen molar-refractivity contribution in [3.05, 3.63) is 29.8 Å². The van der Waals surface area contributed by atoms with E-state index < -0.39 is 7.59 Å². The van der Waals surface area contributed by atoms with E-state index >= 15 is 0 Å². The van der Waals surface area contributed by atoms with Gasteiger partial charge in [-0.2, -0.15) is 0 Å². The van der Waals surface area contributed by atoms with Crippen LogP contribution in [-0.4, -0.2) is 0 Å². The standard InChI is InChI=1S/C7H12N3OP/c1-6-3-2-4-7(5-6)10-12(8,9)11/h2-5H,1H3,(H5,8,9,10,11). The zero-order valence-electron chi connectivity index (χ0n) is 6.82. The second-order valence-electron chi connectivity index (χ2n) is 2.69. The average molecular weight is 185 g/mol. The van der Waals surface area contributed by atoms with Crippen LogP contribution in [0.1, 0.15) is 5.56 Å². The number of aryl methyl sites for hydroxylation is 1. The highest BCUT2D eigenvalue weighted by Crippen LogP contribution is 2.27. The highest BCUT2D eigenvalue weighted by Gasteiger charge is 2.06. The van der Waals surface area contributed by atoms with E-state index in [-0.39, 0.29) is 0 Å². The first kappa shape index (κ1) is 9.26. The summed E-state index contributed by atoms with van der Waals surface area (Å²) in [5.41, 5.74) is 12.0. The third-order valence-electron chi connectivity index (χ3n) is 1.32. The normalized spacial score (nSPS) is 11.2. The minimum Gasteiger partial charge on any atom is -0.313 e. The van der Waals surface area contributed by atoms with Crippen molar-refractivity contribution in [3.63, 3.8) is 0 Å². The molecule has 12 heavy (non-hydrogen) atoms. The number of hydrogen-bond donors (Lipinski definition) is 3. The van der Waals surface area contributed by atoms with Gasteiger partial charge in [0.2, 0.25) is 0 Å². The van der Waals surface area contributed by atoms with E-state index in [0.29, 0.717) is 5.69 Å². The van der Waals surface area contributed by atoms with E-state index in [4.69, 9.17) is 11.0 Å². The van der Waals surface area contributed by atoms with Gasteiger partial charge in [-0.15, -0.1) is 0 Å². The lowest BCUT2D eigenvalue weighted by Gasteiger charge is -2.09. The molecule has 0 saturated carbocycles.